The zero-order valence-corrected chi connectivity index (χ0v) is 14.4. The Balaban J connectivity index is 2.00. The van der Waals surface area contributed by atoms with Gasteiger partial charge in [0.05, 0.1) is 10.6 Å². The van der Waals surface area contributed by atoms with Gasteiger partial charge in [-0.2, -0.15) is 0 Å². The molecule has 1 saturated heterocycles. The lowest BCUT2D eigenvalue weighted by atomic mass is 10.1. The second kappa shape index (κ2) is 8.31. The van der Waals surface area contributed by atoms with Gasteiger partial charge in [0.1, 0.15) is 0 Å². The molecule has 0 aromatic heterocycles. The van der Waals surface area contributed by atoms with Crippen LogP contribution in [0.5, 0.6) is 0 Å². The minimum absolute atomic E-state index is 0.0386. The number of carbonyl (C=O) groups is 2. The Kier molecular flexibility index (Phi) is 6.42. The van der Waals surface area contributed by atoms with Gasteiger partial charge in [0, 0.05) is 31.2 Å². The molecule has 1 aromatic rings. The van der Waals surface area contributed by atoms with Crippen LogP contribution in [0.1, 0.15) is 43.5 Å². The van der Waals surface area contributed by atoms with Crippen LogP contribution in [0.2, 0.25) is 5.02 Å². The van der Waals surface area contributed by atoms with Crippen LogP contribution in [-0.2, 0) is 4.79 Å². The van der Waals surface area contributed by atoms with Crippen molar-refractivity contribution in [3.63, 3.8) is 0 Å². The number of rotatable bonds is 6. The van der Waals surface area contributed by atoms with Crippen LogP contribution in [0.4, 0.5) is 5.69 Å². The molecule has 6 heteroatoms. The maximum Gasteiger partial charge on any atom is 0.255 e. The topological polar surface area (TPSA) is 61.4 Å². The van der Waals surface area contributed by atoms with Crippen LogP contribution in [0.15, 0.2) is 18.2 Å². The first kappa shape index (κ1) is 17.8. The maximum atomic E-state index is 12.3. The highest BCUT2D eigenvalue weighted by atomic mass is 35.5. The van der Waals surface area contributed by atoms with Gasteiger partial charge < -0.3 is 15.5 Å². The van der Waals surface area contributed by atoms with Crippen molar-refractivity contribution in [1.82, 2.24) is 10.2 Å². The molecule has 2 N–H and O–H groups in total. The number of hydrogen-bond acceptors (Lipinski definition) is 3. The summed E-state index contributed by atoms with van der Waals surface area (Å²) in [6.45, 7) is 6.12. The normalized spacial score (nSPS) is 17.1. The van der Waals surface area contributed by atoms with Crippen molar-refractivity contribution in [2.45, 2.75) is 39.2 Å². The van der Waals surface area contributed by atoms with E-state index in [-0.39, 0.29) is 17.9 Å². The predicted octanol–water partition coefficient (Wildman–Crippen LogP) is 2.90. The number of nitrogens with zero attached hydrogens (tertiary/aromatic N) is 1. The van der Waals surface area contributed by atoms with Gasteiger partial charge in [-0.05, 0) is 51.4 Å². The Bertz CT molecular complexity index is 567. The first-order valence-corrected chi connectivity index (χ1v) is 8.55. The fourth-order valence-corrected chi connectivity index (χ4v) is 3.08. The average Bonchev–Trinajstić information content (AvgIpc) is 3.01. The molecule has 126 valence electrons. The summed E-state index contributed by atoms with van der Waals surface area (Å²) in [7, 11) is 0. The summed E-state index contributed by atoms with van der Waals surface area (Å²) < 4.78 is 0. The average molecular weight is 338 g/mol. The Morgan fingerprint density at radius 2 is 2.09 bits per heavy atom. The van der Waals surface area contributed by atoms with Gasteiger partial charge in [0.25, 0.3) is 5.91 Å². The third kappa shape index (κ3) is 4.69. The number of benzene rings is 1. The number of halogens is 1. The van der Waals surface area contributed by atoms with Crippen molar-refractivity contribution in [2.24, 2.45) is 0 Å². The SMILES string of the molecule is CCN(CC)C(=O)c1ccc(NC(=O)CC2CCCN2)cc1Cl. The quantitative estimate of drug-likeness (QED) is 0.839. The van der Waals surface area contributed by atoms with E-state index < -0.39 is 0 Å². The number of carbonyl (C=O) groups excluding carboxylic acids is 2. The summed E-state index contributed by atoms with van der Waals surface area (Å²) in [5.41, 5.74) is 1.08. The Labute approximate surface area is 142 Å². The van der Waals surface area contributed by atoms with Crippen LogP contribution in [0, 0.1) is 0 Å². The highest BCUT2D eigenvalue weighted by Crippen LogP contribution is 2.23. The van der Waals surface area contributed by atoms with Crippen LogP contribution in [0.3, 0.4) is 0 Å². The lowest BCUT2D eigenvalue weighted by Gasteiger charge is -2.19. The minimum atomic E-state index is -0.0898. The van der Waals surface area contributed by atoms with Crippen molar-refractivity contribution in [2.75, 3.05) is 25.0 Å². The fourth-order valence-electron chi connectivity index (χ4n) is 2.81. The molecule has 1 aliphatic rings. The van der Waals surface area contributed by atoms with Crippen LogP contribution >= 0.6 is 11.6 Å². The minimum Gasteiger partial charge on any atom is -0.339 e. The van der Waals surface area contributed by atoms with Crippen LogP contribution in [-0.4, -0.2) is 42.4 Å². The molecule has 1 atom stereocenters. The molecule has 2 amide bonds. The van der Waals surface area contributed by atoms with Crippen LogP contribution in [0.25, 0.3) is 0 Å². The van der Waals surface area contributed by atoms with E-state index in [2.05, 4.69) is 10.6 Å². The molecule has 1 fully saturated rings. The molecule has 0 bridgehead atoms. The van der Waals surface area contributed by atoms with Gasteiger partial charge in [-0.3, -0.25) is 9.59 Å². The van der Waals surface area contributed by atoms with E-state index in [1.807, 2.05) is 13.8 Å². The van der Waals surface area contributed by atoms with E-state index in [0.717, 1.165) is 19.4 Å². The molecule has 1 unspecified atom stereocenters. The molecular weight excluding hydrogens is 314 g/mol. The first-order valence-electron chi connectivity index (χ1n) is 8.17. The highest BCUT2D eigenvalue weighted by Gasteiger charge is 2.19. The van der Waals surface area contributed by atoms with E-state index >= 15 is 0 Å². The molecule has 0 spiro atoms. The molecule has 23 heavy (non-hydrogen) atoms. The van der Waals surface area contributed by atoms with E-state index in [1.165, 1.54) is 0 Å². The molecule has 0 radical (unpaired) electrons. The van der Waals surface area contributed by atoms with Crippen molar-refractivity contribution in [3.8, 4) is 0 Å². The molecule has 1 aliphatic heterocycles. The lowest BCUT2D eigenvalue weighted by molar-refractivity contribution is -0.116. The largest absolute Gasteiger partial charge is 0.339 e. The third-order valence-corrected chi connectivity index (χ3v) is 4.44. The maximum absolute atomic E-state index is 12.3. The van der Waals surface area contributed by atoms with Gasteiger partial charge >= 0.3 is 0 Å². The lowest BCUT2D eigenvalue weighted by Crippen LogP contribution is -2.30. The summed E-state index contributed by atoms with van der Waals surface area (Å²) in [5, 5.41) is 6.50. The zero-order valence-electron chi connectivity index (χ0n) is 13.7. The van der Waals surface area contributed by atoms with Gasteiger partial charge in [-0.15, -0.1) is 0 Å². The Hall–Kier alpha value is -1.59. The molecule has 0 aliphatic carbocycles. The molecule has 0 saturated carbocycles. The summed E-state index contributed by atoms with van der Waals surface area (Å²) in [6.07, 6.45) is 2.61. The zero-order chi connectivity index (χ0) is 16.8. The monoisotopic (exact) mass is 337 g/mol. The number of nitrogens with one attached hydrogen (secondary N) is 2. The van der Waals surface area contributed by atoms with Crippen molar-refractivity contribution >= 4 is 29.1 Å². The number of hydrogen-bond donors (Lipinski definition) is 2. The third-order valence-electron chi connectivity index (χ3n) is 4.13. The molecular formula is C17H24ClN3O2. The van der Waals surface area contributed by atoms with Crippen LogP contribution < -0.4 is 10.6 Å². The smallest absolute Gasteiger partial charge is 0.255 e. The van der Waals surface area contributed by atoms with Crippen molar-refractivity contribution in [3.05, 3.63) is 28.8 Å². The standard InChI is InChI=1S/C17H24ClN3O2/c1-3-21(4-2)17(23)14-8-7-13(10-15(14)18)20-16(22)11-12-6-5-9-19-12/h7-8,10,12,19H,3-6,9,11H2,1-2H3,(H,20,22). The van der Waals surface area contributed by atoms with E-state index in [1.54, 1.807) is 23.1 Å². The summed E-state index contributed by atoms with van der Waals surface area (Å²) in [6, 6.07) is 5.29. The molecule has 1 heterocycles. The summed E-state index contributed by atoms with van der Waals surface area (Å²) >= 11 is 6.22. The summed E-state index contributed by atoms with van der Waals surface area (Å²) in [5.74, 6) is -0.128. The van der Waals surface area contributed by atoms with Gasteiger partial charge in [0.2, 0.25) is 5.91 Å². The number of anilines is 1. The second-order valence-corrected chi connectivity index (χ2v) is 6.12. The Morgan fingerprint density at radius 3 is 2.65 bits per heavy atom. The van der Waals surface area contributed by atoms with Gasteiger partial charge in [-0.1, -0.05) is 11.6 Å². The second-order valence-electron chi connectivity index (χ2n) is 5.72. The van der Waals surface area contributed by atoms with E-state index in [9.17, 15) is 9.59 Å². The van der Waals surface area contributed by atoms with Crippen molar-refractivity contribution in [1.29, 1.82) is 0 Å². The summed E-state index contributed by atoms with van der Waals surface area (Å²) in [4.78, 5) is 26.1. The first-order chi connectivity index (χ1) is 11.0. The predicted molar refractivity (Wildman–Crippen MR) is 93.0 cm³/mol. The van der Waals surface area contributed by atoms with Gasteiger partial charge in [0.15, 0.2) is 0 Å². The molecule has 1 aromatic carbocycles. The van der Waals surface area contributed by atoms with E-state index in [4.69, 9.17) is 11.6 Å². The van der Waals surface area contributed by atoms with Gasteiger partial charge in [-0.25, -0.2) is 0 Å². The molecule has 2 rings (SSSR count). The number of amides is 2. The van der Waals surface area contributed by atoms with Crippen molar-refractivity contribution < 1.29 is 9.59 Å². The van der Waals surface area contributed by atoms with E-state index in [0.29, 0.717) is 35.8 Å². The highest BCUT2D eigenvalue weighted by molar-refractivity contribution is 6.34. The molecule has 5 nitrogen and oxygen atoms in total. The Morgan fingerprint density at radius 1 is 1.35 bits per heavy atom. The fraction of sp³-hybridized carbons (Fsp3) is 0.529.